The molecule has 0 spiro atoms. The molecule has 0 amide bonds. The van der Waals surface area contributed by atoms with Gasteiger partial charge in [0, 0.05) is 30.9 Å². The van der Waals surface area contributed by atoms with Gasteiger partial charge in [0.1, 0.15) is 0 Å². The molecule has 0 atom stereocenters. The Hall–Kier alpha value is -0.680. The largest absolute Gasteiger partial charge is 0.362 e. The zero-order valence-electron chi connectivity index (χ0n) is 12.8. The molecule has 1 aliphatic heterocycles. The lowest BCUT2D eigenvalue weighted by Gasteiger charge is -2.15. The highest BCUT2D eigenvalue weighted by Gasteiger charge is 2.12. The first-order valence-corrected chi connectivity index (χ1v) is 8.98. The second-order valence-corrected chi connectivity index (χ2v) is 5.85. The Morgan fingerprint density at radius 3 is 2.71 bits per heavy atom. The highest BCUT2D eigenvalue weighted by Crippen LogP contribution is 2.25. The van der Waals surface area contributed by atoms with E-state index in [0.29, 0.717) is 6.54 Å². The van der Waals surface area contributed by atoms with Gasteiger partial charge in [-0.15, -0.1) is 11.6 Å². The van der Waals surface area contributed by atoms with E-state index in [1.54, 1.807) is 6.20 Å². The van der Waals surface area contributed by atoms with Crippen LogP contribution >= 0.6 is 23.5 Å². The molecule has 2 rings (SSSR count). The average Bonchev–Trinajstić information content (AvgIpc) is 3.03. The minimum atomic E-state index is 0.675. The van der Waals surface area contributed by atoms with E-state index in [2.05, 4.69) is 46.0 Å². The number of halogens is 1. The third kappa shape index (κ3) is 6.30. The number of rotatable bonds is 7. The van der Waals surface area contributed by atoms with Crippen LogP contribution in [0.3, 0.4) is 0 Å². The summed E-state index contributed by atoms with van der Waals surface area (Å²) in [5.41, 5.74) is 9.45. The van der Waals surface area contributed by atoms with Crippen molar-refractivity contribution >= 4 is 29.2 Å². The maximum atomic E-state index is 5.68. The molecule has 0 saturated carbocycles. The first-order chi connectivity index (χ1) is 10.3. The Bertz CT molecular complexity index is 420. The topological polar surface area (TPSA) is 41.3 Å². The summed E-state index contributed by atoms with van der Waals surface area (Å²) in [6.45, 7) is 6.86. The molecular formula is C16H26ClN3S. The zero-order chi connectivity index (χ0) is 15.5. The zero-order valence-corrected chi connectivity index (χ0v) is 14.3. The standard InChI is InChI=1S/C15H23N3S.CH3Cl/c1-2-17-15-6-5-13(11-14(15)7-8-16)12-19-18-9-3-4-10-18;1-2/h2,5-6,11,17H,1,3-4,7-10,12,16H2;1H3. The van der Waals surface area contributed by atoms with Crippen molar-refractivity contribution in [3.05, 3.63) is 42.1 Å². The third-order valence-electron chi connectivity index (χ3n) is 3.32. The number of alkyl halides is 1. The van der Waals surface area contributed by atoms with Gasteiger partial charge in [-0.1, -0.05) is 30.7 Å². The van der Waals surface area contributed by atoms with Gasteiger partial charge in [-0.2, -0.15) is 0 Å². The highest BCUT2D eigenvalue weighted by molar-refractivity contribution is 7.96. The molecule has 0 unspecified atom stereocenters. The molecule has 3 nitrogen and oxygen atoms in total. The fourth-order valence-corrected chi connectivity index (χ4v) is 3.36. The Balaban J connectivity index is 0.00000106. The van der Waals surface area contributed by atoms with E-state index in [9.17, 15) is 0 Å². The summed E-state index contributed by atoms with van der Waals surface area (Å²) < 4.78 is 2.47. The molecule has 0 aliphatic carbocycles. The summed E-state index contributed by atoms with van der Waals surface area (Å²) in [6, 6.07) is 6.59. The van der Waals surface area contributed by atoms with E-state index in [0.717, 1.165) is 17.9 Å². The predicted octanol–water partition coefficient (Wildman–Crippen LogP) is 3.84. The molecule has 1 aromatic rings. The van der Waals surface area contributed by atoms with Crippen LogP contribution in [-0.4, -0.2) is 30.3 Å². The van der Waals surface area contributed by atoms with E-state index in [4.69, 9.17) is 5.73 Å². The van der Waals surface area contributed by atoms with E-state index in [1.165, 1.54) is 43.4 Å². The van der Waals surface area contributed by atoms with E-state index in [-0.39, 0.29) is 0 Å². The fraction of sp³-hybridized carbons (Fsp3) is 0.500. The monoisotopic (exact) mass is 327 g/mol. The van der Waals surface area contributed by atoms with Gasteiger partial charge in [0.2, 0.25) is 0 Å². The van der Waals surface area contributed by atoms with Gasteiger partial charge >= 0.3 is 0 Å². The normalized spacial score (nSPS) is 14.4. The van der Waals surface area contributed by atoms with Crippen molar-refractivity contribution in [3.63, 3.8) is 0 Å². The number of hydrogen-bond donors (Lipinski definition) is 2. The van der Waals surface area contributed by atoms with Crippen LogP contribution in [0.4, 0.5) is 5.69 Å². The first-order valence-electron chi connectivity index (χ1n) is 7.28. The molecule has 1 saturated heterocycles. The van der Waals surface area contributed by atoms with E-state index in [1.807, 2.05) is 11.9 Å². The summed E-state index contributed by atoms with van der Waals surface area (Å²) in [5.74, 6) is 1.05. The van der Waals surface area contributed by atoms with Crippen molar-refractivity contribution in [1.82, 2.24) is 4.31 Å². The number of nitrogens with two attached hydrogens (primary N) is 1. The average molecular weight is 328 g/mol. The number of nitrogens with zero attached hydrogens (tertiary/aromatic N) is 1. The summed E-state index contributed by atoms with van der Waals surface area (Å²) >= 11 is 6.58. The van der Waals surface area contributed by atoms with Gasteiger partial charge in [0.05, 0.1) is 0 Å². The highest BCUT2D eigenvalue weighted by atomic mass is 35.5. The lowest BCUT2D eigenvalue weighted by Crippen LogP contribution is -2.09. The molecule has 21 heavy (non-hydrogen) atoms. The van der Waals surface area contributed by atoms with Crippen molar-refractivity contribution in [2.24, 2.45) is 5.73 Å². The molecule has 3 N–H and O–H groups in total. The van der Waals surface area contributed by atoms with Crippen LogP contribution in [0.2, 0.25) is 0 Å². The van der Waals surface area contributed by atoms with Crippen molar-refractivity contribution in [3.8, 4) is 0 Å². The summed E-state index contributed by atoms with van der Waals surface area (Å²) in [7, 11) is 0. The third-order valence-corrected chi connectivity index (χ3v) is 4.51. The van der Waals surface area contributed by atoms with Crippen LogP contribution in [0.25, 0.3) is 0 Å². The van der Waals surface area contributed by atoms with Crippen LogP contribution in [-0.2, 0) is 12.2 Å². The minimum Gasteiger partial charge on any atom is -0.362 e. The summed E-state index contributed by atoms with van der Waals surface area (Å²) in [6.07, 6.45) is 6.77. The maximum Gasteiger partial charge on any atom is 0.0412 e. The van der Waals surface area contributed by atoms with Crippen molar-refractivity contribution < 1.29 is 0 Å². The summed E-state index contributed by atoms with van der Waals surface area (Å²) in [5, 5.41) is 3.18. The van der Waals surface area contributed by atoms with Crippen LogP contribution in [0.15, 0.2) is 31.0 Å². The maximum absolute atomic E-state index is 5.68. The second kappa shape index (κ2) is 11.0. The van der Waals surface area contributed by atoms with E-state index >= 15 is 0 Å². The van der Waals surface area contributed by atoms with Gasteiger partial charge in [-0.05, 0) is 49.2 Å². The van der Waals surface area contributed by atoms with Crippen molar-refractivity contribution in [2.45, 2.75) is 25.0 Å². The Morgan fingerprint density at radius 1 is 1.38 bits per heavy atom. The molecule has 1 fully saturated rings. The minimum absolute atomic E-state index is 0.675. The van der Waals surface area contributed by atoms with Gasteiger partial charge < -0.3 is 11.1 Å². The van der Waals surface area contributed by atoms with Crippen LogP contribution < -0.4 is 11.1 Å². The first kappa shape index (κ1) is 18.4. The fourth-order valence-electron chi connectivity index (χ4n) is 2.33. The molecular weight excluding hydrogens is 302 g/mol. The molecule has 1 heterocycles. The van der Waals surface area contributed by atoms with Crippen LogP contribution in [0, 0.1) is 0 Å². The molecule has 1 aromatic carbocycles. The van der Waals surface area contributed by atoms with E-state index < -0.39 is 0 Å². The Labute approximate surface area is 138 Å². The van der Waals surface area contributed by atoms with Crippen LogP contribution in [0.5, 0.6) is 0 Å². The SMILES string of the molecule is C=CNc1ccc(CSN2CCCC2)cc1CCN.CCl. The number of benzene rings is 1. The molecule has 1 aliphatic rings. The van der Waals surface area contributed by atoms with Crippen molar-refractivity contribution in [1.29, 1.82) is 0 Å². The van der Waals surface area contributed by atoms with Gasteiger partial charge in [0.25, 0.3) is 0 Å². The van der Waals surface area contributed by atoms with Gasteiger partial charge in [0.15, 0.2) is 0 Å². The van der Waals surface area contributed by atoms with Gasteiger partial charge in [-0.3, -0.25) is 4.31 Å². The Kier molecular flexibility index (Phi) is 9.59. The number of anilines is 1. The lowest BCUT2D eigenvalue weighted by atomic mass is 10.1. The molecule has 5 heteroatoms. The van der Waals surface area contributed by atoms with Crippen molar-refractivity contribution in [2.75, 3.05) is 31.3 Å². The summed E-state index contributed by atoms with van der Waals surface area (Å²) in [4.78, 5) is 0. The molecule has 118 valence electrons. The molecule has 0 bridgehead atoms. The number of nitrogens with one attached hydrogen (secondary N) is 1. The molecule has 0 radical (unpaired) electrons. The smallest absolute Gasteiger partial charge is 0.0412 e. The number of hydrogen-bond acceptors (Lipinski definition) is 4. The predicted molar refractivity (Wildman–Crippen MR) is 96.9 cm³/mol. The second-order valence-electron chi connectivity index (χ2n) is 4.79. The lowest BCUT2D eigenvalue weighted by molar-refractivity contribution is 0.586. The Morgan fingerprint density at radius 2 is 2.10 bits per heavy atom. The molecule has 0 aromatic heterocycles. The van der Waals surface area contributed by atoms with Gasteiger partial charge in [-0.25, -0.2) is 0 Å². The quantitative estimate of drug-likeness (QED) is 0.589. The van der Waals surface area contributed by atoms with Crippen LogP contribution in [0.1, 0.15) is 24.0 Å².